The lowest BCUT2D eigenvalue weighted by atomic mass is 10.1. The van der Waals surface area contributed by atoms with Crippen molar-refractivity contribution < 1.29 is 4.79 Å². The van der Waals surface area contributed by atoms with Crippen molar-refractivity contribution in [3.8, 4) is 0 Å². The number of hydrogen-bond donors (Lipinski definition) is 2. The predicted molar refractivity (Wildman–Crippen MR) is 115 cm³/mol. The zero-order valence-corrected chi connectivity index (χ0v) is 16.6. The van der Waals surface area contributed by atoms with Gasteiger partial charge in [0.2, 0.25) is 0 Å². The lowest BCUT2D eigenvalue weighted by Crippen LogP contribution is -2.21. The number of benzene rings is 2. The smallest absolute Gasteiger partial charge is 0.272 e. The summed E-state index contributed by atoms with van der Waals surface area (Å²) in [6.07, 6.45) is 0. The average Bonchev–Trinajstić information content (AvgIpc) is 2.98. The summed E-state index contributed by atoms with van der Waals surface area (Å²) in [5.74, 6) is -0.351. The number of nitrogens with one attached hydrogen (secondary N) is 2. The Labute approximate surface area is 168 Å². The van der Waals surface area contributed by atoms with Gasteiger partial charge < -0.3 is 10.3 Å². The topological polar surface area (TPSA) is 79.8 Å². The van der Waals surface area contributed by atoms with Gasteiger partial charge in [0, 0.05) is 5.39 Å². The number of carbonyl (C=O) groups is 1. The van der Waals surface area contributed by atoms with Gasteiger partial charge in [-0.15, -0.1) is 0 Å². The van der Waals surface area contributed by atoms with Gasteiger partial charge in [0.15, 0.2) is 0 Å². The molecule has 29 heavy (non-hydrogen) atoms. The Morgan fingerprint density at radius 3 is 2.38 bits per heavy atom. The summed E-state index contributed by atoms with van der Waals surface area (Å²) in [7, 11) is 0. The fraction of sp³-hybridized carbons (Fsp3) is 0.174. The molecule has 0 radical (unpaired) electrons. The molecule has 0 aliphatic rings. The number of aromatic nitrogens is 3. The summed E-state index contributed by atoms with van der Waals surface area (Å²) < 4.78 is 1.87. The van der Waals surface area contributed by atoms with Crippen molar-refractivity contribution in [3.63, 3.8) is 0 Å². The van der Waals surface area contributed by atoms with Gasteiger partial charge in [-0.25, -0.2) is 0 Å². The number of H-pyrrole nitrogens is 1. The van der Waals surface area contributed by atoms with Crippen molar-refractivity contribution >= 4 is 22.4 Å². The van der Waals surface area contributed by atoms with Crippen LogP contribution in [0.25, 0.3) is 10.8 Å². The molecule has 4 rings (SSSR count). The summed E-state index contributed by atoms with van der Waals surface area (Å²) >= 11 is 0. The summed E-state index contributed by atoms with van der Waals surface area (Å²) in [6.45, 7) is 6.25. The molecule has 0 bridgehead atoms. The van der Waals surface area contributed by atoms with Gasteiger partial charge in [-0.3, -0.25) is 14.3 Å². The Morgan fingerprint density at radius 2 is 1.66 bits per heavy atom. The van der Waals surface area contributed by atoms with Crippen LogP contribution in [0.15, 0.2) is 59.4 Å². The van der Waals surface area contributed by atoms with Gasteiger partial charge in [0.25, 0.3) is 11.5 Å². The molecule has 0 unspecified atom stereocenters. The van der Waals surface area contributed by atoms with E-state index in [4.69, 9.17) is 0 Å². The van der Waals surface area contributed by atoms with Crippen LogP contribution in [0.5, 0.6) is 0 Å². The predicted octanol–water partition coefficient (Wildman–Crippen LogP) is 3.95. The SMILES string of the molecule is Cc1nn(Cc2ccccc2)c(C)c1NC(=O)c1[nH]c(=O)c2ccccc2c1C. The molecule has 0 aliphatic carbocycles. The zero-order chi connectivity index (χ0) is 20.5. The molecule has 2 N–H and O–H groups in total. The second-order valence-corrected chi connectivity index (χ2v) is 7.14. The lowest BCUT2D eigenvalue weighted by molar-refractivity contribution is 0.102. The highest BCUT2D eigenvalue weighted by Gasteiger charge is 2.19. The van der Waals surface area contributed by atoms with E-state index >= 15 is 0 Å². The van der Waals surface area contributed by atoms with Crippen LogP contribution in [-0.2, 0) is 6.54 Å². The van der Waals surface area contributed by atoms with Crippen molar-refractivity contribution in [1.82, 2.24) is 14.8 Å². The Bertz CT molecular complexity index is 1270. The molecule has 0 fully saturated rings. The van der Waals surface area contributed by atoms with Crippen LogP contribution >= 0.6 is 0 Å². The van der Waals surface area contributed by atoms with Crippen LogP contribution in [0.4, 0.5) is 5.69 Å². The van der Waals surface area contributed by atoms with Crippen molar-refractivity contribution in [1.29, 1.82) is 0 Å². The first-order chi connectivity index (χ1) is 14.0. The highest BCUT2D eigenvalue weighted by atomic mass is 16.2. The van der Waals surface area contributed by atoms with E-state index in [9.17, 15) is 9.59 Å². The van der Waals surface area contributed by atoms with E-state index in [0.717, 1.165) is 27.9 Å². The molecule has 0 aliphatic heterocycles. The van der Waals surface area contributed by atoms with Crippen LogP contribution in [0.1, 0.15) is 33.0 Å². The molecule has 0 saturated heterocycles. The number of aryl methyl sites for hydroxylation is 2. The number of rotatable bonds is 4. The maximum atomic E-state index is 13.0. The number of amides is 1. The Kier molecular flexibility index (Phi) is 4.76. The molecule has 146 valence electrons. The van der Waals surface area contributed by atoms with Gasteiger partial charge in [0.05, 0.1) is 23.6 Å². The molecule has 6 nitrogen and oxygen atoms in total. The van der Waals surface area contributed by atoms with Gasteiger partial charge in [0.1, 0.15) is 5.69 Å². The van der Waals surface area contributed by atoms with Crippen molar-refractivity contribution in [2.45, 2.75) is 27.3 Å². The van der Waals surface area contributed by atoms with Crippen LogP contribution in [0, 0.1) is 20.8 Å². The maximum Gasteiger partial charge on any atom is 0.272 e. The molecule has 0 atom stereocenters. The molecule has 6 heteroatoms. The number of fused-ring (bicyclic) bond motifs is 1. The fourth-order valence-electron chi connectivity index (χ4n) is 3.61. The number of nitrogens with zero attached hydrogens (tertiary/aromatic N) is 2. The first-order valence-corrected chi connectivity index (χ1v) is 9.46. The van der Waals surface area contributed by atoms with Crippen LogP contribution in [0.3, 0.4) is 0 Å². The van der Waals surface area contributed by atoms with E-state index < -0.39 is 0 Å². The largest absolute Gasteiger partial charge is 0.318 e. The number of hydrogen-bond acceptors (Lipinski definition) is 3. The van der Waals surface area contributed by atoms with E-state index in [1.165, 1.54) is 0 Å². The highest BCUT2D eigenvalue weighted by molar-refractivity contribution is 6.07. The molecule has 2 aromatic heterocycles. The van der Waals surface area contributed by atoms with Gasteiger partial charge >= 0.3 is 0 Å². The minimum Gasteiger partial charge on any atom is -0.318 e. The monoisotopic (exact) mass is 386 g/mol. The first kappa shape index (κ1) is 18.7. The third kappa shape index (κ3) is 3.45. The van der Waals surface area contributed by atoms with Crippen LogP contribution in [0.2, 0.25) is 0 Å². The number of pyridine rings is 1. The number of aromatic amines is 1. The number of anilines is 1. The van der Waals surface area contributed by atoms with Crippen molar-refractivity contribution in [2.75, 3.05) is 5.32 Å². The van der Waals surface area contributed by atoms with Gasteiger partial charge in [-0.05, 0) is 43.4 Å². The summed E-state index contributed by atoms with van der Waals surface area (Å²) in [5.41, 5.74) is 4.12. The van der Waals surface area contributed by atoms with Crippen LogP contribution < -0.4 is 10.9 Å². The van der Waals surface area contributed by atoms with Gasteiger partial charge in [-0.1, -0.05) is 48.5 Å². The standard InChI is InChI=1S/C23H22N4O2/c1-14-18-11-7-8-12-19(18)22(28)24-20(14)23(29)25-21-15(2)26-27(16(21)3)13-17-9-5-4-6-10-17/h4-12H,13H2,1-3H3,(H,24,28)(H,25,29). The number of carbonyl (C=O) groups excluding carboxylic acids is 1. The maximum absolute atomic E-state index is 13.0. The fourth-order valence-corrected chi connectivity index (χ4v) is 3.61. The third-order valence-corrected chi connectivity index (χ3v) is 5.21. The average molecular weight is 386 g/mol. The van der Waals surface area contributed by atoms with Crippen molar-refractivity contribution in [3.05, 3.63) is 93.2 Å². The second kappa shape index (κ2) is 7.39. The van der Waals surface area contributed by atoms with E-state index in [1.54, 1.807) is 6.07 Å². The van der Waals surface area contributed by atoms with Crippen LogP contribution in [-0.4, -0.2) is 20.7 Å². The van der Waals surface area contributed by atoms with E-state index in [0.29, 0.717) is 17.6 Å². The molecule has 2 heterocycles. The lowest BCUT2D eigenvalue weighted by Gasteiger charge is -2.11. The van der Waals surface area contributed by atoms with E-state index in [-0.39, 0.29) is 17.2 Å². The Hall–Kier alpha value is -3.67. The molecule has 4 aromatic rings. The molecule has 0 saturated carbocycles. The van der Waals surface area contributed by atoms with Crippen molar-refractivity contribution in [2.24, 2.45) is 0 Å². The molecule has 1 amide bonds. The molecular formula is C23H22N4O2. The minimum atomic E-state index is -0.351. The first-order valence-electron chi connectivity index (χ1n) is 9.46. The Balaban J connectivity index is 1.67. The third-order valence-electron chi connectivity index (χ3n) is 5.21. The highest BCUT2D eigenvalue weighted by Crippen LogP contribution is 2.23. The van der Waals surface area contributed by atoms with E-state index in [2.05, 4.69) is 15.4 Å². The summed E-state index contributed by atoms with van der Waals surface area (Å²) in [4.78, 5) is 28.1. The van der Waals surface area contributed by atoms with E-state index in [1.807, 2.05) is 74.0 Å². The molecular weight excluding hydrogens is 364 g/mol. The summed E-state index contributed by atoms with van der Waals surface area (Å²) in [6, 6.07) is 17.3. The molecule has 0 spiro atoms. The quantitative estimate of drug-likeness (QED) is 0.557. The second-order valence-electron chi connectivity index (χ2n) is 7.14. The normalized spacial score (nSPS) is 11.0. The molecule has 2 aromatic carbocycles. The van der Waals surface area contributed by atoms with Gasteiger partial charge in [-0.2, -0.15) is 5.10 Å². The summed E-state index contributed by atoms with van der Waals surface area (Å²) in [5, 5.41) is 8.86. The minimum absolute atomic E-state index is 0.267. The zero-order valence-electron chi connectivity index (χ0n) is 16.6. The Morgan fingerprint density at radius 1 is 1.00 bits per heavy atom.